The predicted octanol–water partition coefficient (Wildman–Crippen LogP) is 0.442. The Hall–Kier alpha value is -1.88. The van der Waals surface area contributed by atoms with Crippen molar-refractivity contribution in [3.63, 3.8) is 0 Å². The zero-order valence-corrected chi connectivity index (χ0v) is 11.5. The van der Waals surface area contributed by atoms with Crippen LogP contribution in [0.5, 0.6) is 0 Å². The maximum Gasteiger partial charge on any atom is 0.330 e. The van der Waals surface area contributed by atoms with Gasteiger partial charge in [0.25, 0.3) is 0 Å². The second-order valence-corrected chi connectivity index (χ2v) is 4.98. The maximum atomic E-state index is 12.2. The summed E-state index contributed by atoms with van der Waals surface area (Å²) in [4.78, 5) is 23.5. The van der Waals surface area contributed by atoms with Gasteiger partial charge in [0, 0.05) is 5.92 Å². The smallest absolute Gasteiger partial charge is 0.330 e. The average molecular weight is 277 g/mol. The summed E-state index contributed by atoms with van der Waals surface area (Å²) in [6, 6.07) is 7.08. The molecule has 1 aliphatic rings. The Bertz CT molecular complexity index is 500. The van der Waals surface area contributed by atoms with Gasteiger partial charge in [-0.25, -0.2) is 4.79 Å². The van der Waals surface area contributed by atoms with Crippen LogP contribution in [-0.2, 0) is 27.2 Å². The number of benzene rings is 1. The van der Waals surface area contributed by atoms with Crippen LogP contribution in [-0.4, -0.2) is 36.7 Å². The maximum absolute atomic E-state index is 12.2. The van der Waals surface area contributed by atoms with Crippen LogP contribution in [0.3, 0.4) is 0 Å². The van der Waals surface area contributed by atoms with Gasteiger partial charge in [0.05, 0.1) is 13.7 Å². The minimum atomic E-state index is -0.982. The van der Waals surface area contributed by atoms with Crippen molar-refractivity contribution in [2.24, 2.45) is 5.92 Å². The van der Waals surface area contributed by atoms with E-state index in [1.807, 2.05) is 18.2 Å². The van der Waals surface area contributed by atoms with Gasteiger partial charge in [-0.05, 0) is 30.4 Å². The van der Waals surface area contributed by atoms with E-state index in [9.17, 15) is 9.59 Å². The Kier molecular flexibility index (Phi) is 4.74. The fraction of sp³-hybridized carbons (Fsp3) is 0.467. The molecule has 1 amide bonds. The molecule has 0 heterocycles. The Morgan fingerprint density at radius 2 is 2.10 bits per heavy atom. The van der Waals surface area contributed by atoms with Crippen LogP contribution < -0.4 is 5.32 Å². The number of carbonyl (C=O) groups excluding carboxylic acids is 2. The third-order valence-corrected chi connectivity index (χ3v) is 3.70. The third-order valence-electron chi connectivity index (χ3n) is 3.70. The number of nitrogens with one attached hydrogen (secondary N) is 1. The number of rotatable bonds is 4. The van der Waals surface area contributed by atoms with Gasteiger partial charge in [-0.2, -0.15) is 0 Å². The molecule has 2 N–H and O–H groups in total. The van der Waals surface area contributed by atoms with Gasteiger partial charge in [-0.3, -0.25) is 4.79 Å². The number of aliphatic hydroxyl groups is 1. The fourth-order valence-electron chi connectivity index (χ4n) is 2.53. The van der Waals surface area contributed by atoms with Gasteiger partial charge in [0.1, 0.15) is 0 Å². The number of methoxy groups -OCH3 is 1. The topological polar surface area (TPSA) is 75.6 Å². The molecule has 0 spiro atoms. The Morgan fingerprint density at radius 1 is 1.40 bits per heavy atom. The van der Waals surface area contributed by atoms with Gasteiger partial charge in [-0.1, -0.05) is 24.3 Å². The van der Waals surface area contributed by atoms with E-state index in [0.29, 0.717) is 6.42 Å². The molecule has 2 atom stereocenters. The van der Waals surface area contributed by atoms with Crippen molar-refractivity contribution in [1.82, 2.24) is 5.32 Å². The first kappa shape index (κ1) is 14.5. The van der Waals surface area contributed by atoms with E-state index in [2.05, 4.69) is 16.1 Å². The van der Waals surface area contributed by atoms with Crippen LogP contribution in [0.2, 0.25) is 0 Å². The number of ether oxygens (including phenoxy) is 1. The number of aliphatic hydroxyl groups excluding tert-OH is 1. The second-order valence-electron chi connectivity index (χ2n) is 4.98. The SMILES string of the molecule is COC(=O)C(CO)NC(=O)C1CCc2ccccc2C1. The van der Waals surface area contributed by atoms with Crippen molar-refractivity contribution in [3.8, 4) is 0 Å². The quantitative estimate of drug-likeness (QED) is 0.783. The third kappa shape index (κ3) is 3.17. The van der Waals surface area contributed by atoms with Gasteiger partial charge in [-0.15, -0.1) is 0 Å². The van der Waals surface area contributed by atoms with E-state index in [0.717, 1.165) is 12.8 Å². The number of amides is 1. The number of hydrogen-bond donors (Lipinski definition) is 2. The van der Waals surface area contributed by atoms with E-state index < -0.39 is 18.6 Å². The molecule has 1 aliphatic carbocycles. The highest BCUT2D eigenvalue weighted by Crippen LogP contribution is 2.25. The van der Waals surface area contributed by atoms with Crippen molar-refractivity contribution in [2.75, 3.05) is 13.7 Å². The van der Waals surface area contributed by atoms with Crippen molar-refractivity contribution in [2.45, 2.75) is 25.3 Å². The lowest BCUT2D eigenvalue weighted by Crippen LogP contribution is -2.47. The van der Waals surface area contributed by atoms with Crippen molar-refractivity contribution < 1.29 is 19.4 Å². The van der Waals surface area contributed by atoms with Crippen LogP contribution in [0.4, 0.5) is 0 Å². The zero-order chi connectivity index (χ0) is 14.5. The number of aryl methyl sites for hydroxylation is 1. The number of hydrogen-bond acceptors (Lipinski definition) is 4. The molecule has 2 unspecified atom stereocenters. The van der Waals surface area contributed by atoms with Crippen LogP contribution >= 0.6 is 0 Å². The molecule has 0 saturated heterocycles. The Morgan fingerprint density at radius 3 is 2.75 bits per heavy atom. The summed E-state index contributed by atoms with van der Waals surface area (Å²) in [5, 5.41) is 11.7. The van der Waals surface area contributed by atoms with Crippen LogP contribution in [0, 0.1) is 5.92 Å². The van der Waals surface area contributed by atoms with Crippen molar-refractivity contribution >= 4 is 11.9 Å². The summed E-state index contributed by atoms with van der Waals surface area (Å²) in [6.07, 6.45) is 2.28. The summed E-state index contributed by atoms with van der Waals surface area (Å²) in [7, 11) is 1.23. The largest absolute Gasteiger partial charge is 0.467 e. The minimum Gasteiger partial charge on any atom is -0.467 e. The van der Waals surface area contributed by atoms with E-state index >= 15 is 0 Å². The fourth-order valence-corrected chi connectivity index (χ4v) is 2.53. The van der Waals surface area contributed by atoms with Crippen molar-refractivity contribution in [1.29, 1.82) is 0 Å². The van der Waals surface area contributed by atoms with Crippen LogP contribution in [0.1, 0.15) is 17.5 Å². The molecule has 0 aliphatic heterocycles. The zero-order valence-electron chi connectivity index (χ0n) is 11.5. The summed E-state index contributed by atoms with van der Waals surface area (Å²) < 4.78 is 4.53. The average Bonchev–Trinajstić information content (AvgIpc) is 2.51. The van der Waals surface area contributed by atoms with Gasteiger partial charge in [0.15, 0.2) is 6.04 Å². The molecular weight excluding hydrogens is 258 g/mol. The number of carbonyl (C=O) groups is 2. The van der Waals surface area contributed by atoms with Crippen molar-refractivity contribution in [3.05, 3.63) is 35.4 Å². The van der Waals surface area contributed by atoms with Gasteiger partial charge >= 0.3 is 5.97 Å². The molecule has 0 saturated carbocycles. The molecule has 0 aromatic heterocycles. The normalized spacial score (nSPS) is 18.8. The highest BCUT2D eigenvalue weighted by Gasteiger charge is 2.28. The number of fused-ring (bicyclic) bond motifs is 1. The monoisotopic (exact) mass is 277 g/mol. The lowest BCUT2D eigenvalue weighted by Gasteiger charge is -2.25. The summed E-state index contributed by atoms with van der Waals surface area (Å²) in [5.74, 6) is -0.996. The standard InChI is InChI=1S/C15H19NO4/c1-20-15(19)13(9-17)16-14(18)12-7-6-10-4-2-3-5-11(10)8-12/h2-5,12-13,17H,6-9H2,1H3,(H,16,18). The molecule has 5 heteroatoms. The molecule has 0 radical (unpaired) electrons. The highest BCUT2D eigenvalue weighted by molar-refractivity contribution is 5.86. The first-order valence-electron chi connectivity index (χ1n) is 6.71. The first-order valence-corrected chi connectivity index (χ1v) is 6.71. The minimum absolute atomic E-state index is 0.163. The lowest BCUT2D eigenvalue weighted by atomic mass is 9.83. The molecule has 1 aromatic carbocycles. The lowest BCUT2D eigenvalue weighted by molar-refractivity contribution is -0.146. The van der Waals surface area contributed by atoms with E-state index in [1.54, 1.807) is 0 Å². The van der Waals surface area contributed by atoms with Gasteiger partial charge < -0.3 is 15.2 Å². The first-order chi connectivity index (χ1) is 9.65. The molecule has 5 nitrogen and oxygen atoms in total. The predicted molar refractivity (Wildman–Crippen MR) is 73.0 cm³/mol. The summed E-state index contributed by atoms with van der Waals surface area (Å²) in [5.41, 5.74) is 2.46. The molecule has 108 valence electrons. The van der Waals surface area contributed by atoms with Crippen LogP contribution in [0.25, 0.3) is 0 Å². The summed E-state index contributed by atoms with van der Waals surface area (Å²) in [6.45, 7) is -0.457. The van der Waals surface area contributed by atoms with Gasteiger partial charge in [0.2, 0.25) is 5.91 Å². The molecule has 0 fully saturated rings. The Labute approximate surface area is 117 Å². The molecular formula is C15H19NO4. The molecule has 0 bridgehead atoms. The molecule has 1 aromatic rings. The molecule has 20 heavy (non-hydrogen) atoms. The van der Waals surface area contributed by atoms with E-state index in [1.165, 1.54) is 18.2 Å². The Balaban J connectivity index is 1.99. The summed E-state index contributed by atoms with van der Waals surface area (Å²) >= 11 is 0. The second kappa shape index (κ2) is 6.52. The molecule has 2 rings (SSSR count). The van der Waals surface area contributed by atoms with Crippen LogP contribution in [0.15, 0.2) is 24.3 Å². The highest BCUT2D eigenvalue weighted by atomic mass is 16.5. The van der Waals surface area contributed by atoms with E-state index in [-0.39, 0.29) is 11.8 Å². The van der Waals surface area contributed by atoms with E-state index in [4.69, 9.17) is 5.11 Å². The number of esters is 1.